The maximum absolute atomic E-state index is 6.31. The quantitative estimate of drug-likeness (QED) is 0.887. The Morgan fingerprint density at radius 1 is 1.16 bits per heavy atom. The first-order valence-corrected chi connectivity index (χ1v) is 6.88. The highest BCUT2D eigenvalue weighted by molar-refractivity contribution is 5.23. The molecule has 2 nitrogen and oxygen atoms in total. The summed E-state index contributed by atoms with van der Waals surface area (Å²) in [6.45, 7) is 4.32. The van der Waals surface area contributed by atoms with Crippen LogP contribution in [0.2, 0.25) is 0 Å². The highest BCUT2D eigenvalue weighted by Crippen LogP contribution is 2.20. The summed E-state index contributed by atoms with van der Waals surface area (Å²) < 4.78 is 0. The van der Waals surface area contributed by atoms with Crippen LogP contribution in [0.25, 0.3) is 0 Å². The second-order valence-corrected chi connectivity index (χ2v) is 5.26. The summed E-state index contributed by atoms with van der Waals surface area (Å²) >= 11 is 0. The zero-order valence-electron chi connectivity index (χ0n) is 11.7. The van der Waals surface area contributed by atoms with E-state index in [1.54, 1.807) is 0 Å². The van der Waals surface area contributed by atoms with Gasteiger partial charge < -0.3 is 5.73 Å². The van der Waals surface area contributed by atoms with Crippen LogP contribution in [0.4, 0.5) is 0 Å². The van der Waals surface area contributed by atoms with Crippen molar-refractivity contribution in [1.82, 2.24) is 4.98 Å². The first kappa shape index (κ1) is 13.8. The molecule has 0 spiro atoms. The fourth-order valence-electron chi connectivity index (χ4n) is 2.37. The van der Waals surface area contributed by atoms with Crippen LogP contribution in [0, 0.1) is 6.92 Å². The van der Waals surface area contributed by atoms with Crippen molar-refractivity contribution in [3.8, 4) is 0 Å². The third kappa shape index (κ3) is 3.90. The van der Waals surface area contributed by atoms with Gasteiger partial charge in [0, 0.05) is 18.4 Å². The zero-order chi connectivity index (χ0) is 13.7. The van der Waals surface area contributed by atoms with Crippen LogP contribution in [-0.4, -0.2) is 11.0 Å². The predicted molar refractivity (Wildman–Crippen MR) is 80.1 cm³/mol. The molecular weight excluding hydrogens is 232 g/mol. The second kappa shape index (κ2) is 6.48. The van der Waals surface area contributed by atoms with E-state index in [0.29, 0.717) is 5.92 Å². The Balaban J connectivity index is 1.92. The molecule has 2 heteroatoms. The molecule has 1 heterocycles. The maximum Gasteiger partial charge on any atom is 0.0270 e. The molecule has 100 valence electrons. The fourth-order valence-corrected chi connectivity index (χ4v) is 2.37. The average molecular weight is 254 g/mol. The largest absolute Gasteiger partial charge is 0.327 e. The van der Waals surface area contributed by atoms with E-state index in [2.05, 4.69) is 55.2 Å². The molecule has 0 aliphatic rings. The SMILES string of the molecule is Cc1cccc(CCC(N)C(C)c2ccncc2)c1. The smallest absolute Gasteiger partial charge is 0.0270 e. The van der Waals surface area contributed by atoms with E-state index in [4.69, 9.17) is 5.73 Å². The van der Waals surface area contributed by atoms with Crippen LogP contribution < -0.4 is 5.73 Å². The number of hydrogen-bond donors (Lipinski definition) is 1. The Labute approximate surface area is 115 Å². The number of hydrogen-bond acceptors (Lipinski definition) is 2. The molecule has 0 saturated heterocycles. The first-order valence-electron chi connectivity index (χ1n) is 6.88. The lowest BCUT2D eigenvalue weighted by molar-refractivity contribution is 0.528. The molecule has 1 aromatic heterocycles. The van der Waals surface area contributed by atoms with Crippen LogP contribution in [-0.2, 0) is 6.42 Å². The molecule has 0 saturated carbocycles. The molecule has 2 unspecified atom stereocenters. The van der Waals surface area contributed by atoms with Crippen molar-refractivity contribution in [2.75, 3.05) is 0 Å². The summed E-state index contributed by atoms with van der Waals surface area (Å²) in [6, 6.07) is 12.9. The Bertz CT molecular complexity index is 508. The lowest BCUT2D eigenvalue weighted by Gasteiger charge is -2.20. The number of nitrogens with zero attached hydrogens (tertiary/aromatic N) is 1. The van der Waals surface area contributed by atoms with Crippen LogP contribution >= 0.6 is 0 Å². The van der Waals surface area contributed by atoms with E-state index in [9.17, 15) is 0 Å². The van der Waals surface area contributed by atoms with Gasteiger partial charge in [0.1, 0.15) is 0 Å². The number of pyridine rings is 1. The molecule has 0 fully saturated rings. The standard InChI is InChI=1S/C17H22N2/c1-13-4-3-5-15(12-13)6-7-17(18)14(2)16-8-10-19-11-9-16/h3-5,8-12,14,17H,6-7,18H2,1-2H3. The van der Waals surface area contributed by atoms with Gasteiger partial charge in [0.05, 0.1) is 0 Å². The highest BCUT2D eigenvalue weighted by Gasteiger charge is 2.14. The van der Waals surface area contributed by atoms with Crippen molar-refractivity contribution in [1.29, 1.82) is 0 Å². The Morgan fingerprint density at radius 3 is 2.58 bits per heavy atom. The van der Waals surface area contributed by atoms with Gasteiger partial charge in [0.15, 0.2) is 0 Å². The van der Waals surface area contributed by atoms with E-state index in [1.165, 1.54) is 16.7 Å². The maximum atomic E-state index is 6.31. The van der Waals surface area contributed by atoms with Crippen molar-refractivity contribution in [2.24, 2.45) is 5.73 Å². The Kier molecular flexibility index (Phi) is 4.69. The molecule has 2 N–H and O–H groups in total. The Morgan fingerprint density at radius 2 is 1.89 bits per heavy atom. The first-order chi connectivity index (χ1) is 9.16. The zero-order valence-corrected chi connectivity index (χ0v) is 11.7. The summed E-state index contributed by atoms with van der Waals surface area (Å²) in [5.41, 5.74) is 10.3. The summed E-state index contributed by atoms with van der Waals surface area (Å²) in [6.07, 6.45) is 5.71. The van der Waals surface area contributed by atoms with Gasteiger partial charge in [-0.05, 0) is 48.9 Å². The minimum atomic E-state index is 0.183. The van der Waals surface area contributed by atoms with E-state index in [0.717, 1.165) is 12.8 Å². The molecule has 0 aliphatic carbocycles. The molecule has 1 aromatic carbocycles. The monoisotopic (exact) mass is 254 g/mol. The molecule has 0 aliphatic heterocycles. The van der Waals surface area contributed by atoms with Crippen molar-refractivity contribution in [3.63, 3.8) is 0 Å². The predicted octanol–water partition coefficient (Wildman–Crippen LogP) is 3.45. The molecule has 2 rings (SSSR count). The van der Waals surface area contributed by atoms with Crippen LogP contribution in [0.3, 0.4) is 0 Å². The average Bonchev–Trinajstić information content (AvgIpc) is 2.45. The van der Waals surface area contributed by atoms with Gasteiger partial charge >= 0.3 is 0 Å². The topological polar surface area (TPSA) is 38.9 Å². The normalized spacial score (nSPS) is 14.1. The van der Waals surface area contributed by atoms with E-state index in [1.807, 2.05) is 12.4 Å². The molecular formula is C17H22N2. The second-order valence-electron chi connectivity index (χ2n) is 5.26. The summed E-state index contributed by atoms with van der Waals surface area (Å²) in [5, 5.41) is 0. The van der Waals surface area contributed by atoms with Gasteiger partial charge in [-0.15, -0.1) is 0 Å². The number of aromatic nitrogens is 1. The van der Waals surface area contributed by atoms with Crippen molar-refractivity contribution < 1.29 is 0 Å². The van der Waals surface area contributed by atoms with Gasteiger partial charge in [-0.25, -0.2) is 0 Å². The fraction of sp³-hybridized carbons (Fsp3) is 0.353. The number of rotatable bonds is 5. The van der Waals surface area contributed by atoms with Gasteiger partial charge in [0.25, 0.3) is 0 Å². The molecule has 19 heavy (non-hydrogen) atoms. The van der Waals surface area contributed by atoms with Crippen LogP contribution in [0.15, 0.2) is 48.8 Å². The number of benzene rings is 1. The van der Waals surface area contributed by atoms with E-state index >= 15 is 0 Å². The minimum Gasteiger partial charge on any atom is -0.327 e. The molecule has 2 aromatic rings. The third-order valence-electron chi connectivity index (χ3n) is 3.72. The summed E-state index contributed by atoms with van der Waals surface area (Å²) in [5.74, 6) is 0.368. The number of nitrogens with two attached hydrogens (primary N) is 1. The lowest BCUT2D eigenvalue weighted by Crippen LogP contribution is -2.27. The van der Waals surface area contributed by atoms with E-state index in [-0.39, 0.29) is 6.04 Å². The molecule has 0 bridgehead atoms. The van der Waals surface area contributed by atoms with Crippen molar-refractivity contribution in [3.05, 3.63) is 65.5 Å². The van der Waals surface area contributed by atoms with Crippen LogP contribution in [0.1, 0.15) is 36.0 Å². The minimum absolute atomic E-state index is 0.183. The molecule has 2 atom stereocenters. The Hall–Kier alpha value is -1.67. The highest BCUT2D eigenvalue weighted by atomic mass is 14.7. The van der Waals surface area contributed by atoms with Crippen molar-refractivity contribution in [2.45, 2.75) is 38.6 Å². The molecule has 0 amide bonds. The van der Waals surface area contributed by atoms with Gasteiger partial charge in [0.2, 0.25) is 0 Å². The molecule has 0 radical (unpaired) electrons. The van der Waals surface area contributed by atoms with Gasteiger partial charge in [-0.2, -0.15) is 0 Å². The third-order valence-corrected chi connectivity index (χ3v) is 3.72. The van der Waals surface area contributed by atoms with Crippen LogP contribution in [0.5, 0.6) is 0 Å². The van der Waals surface area contributed by atoms with Gasteiger partial charge in [-0.3, -0.25) is 4.98 Å². The lowest BCUT2D eigenvalue weighted by atomic mass is 9.90. The van der Waals surface area contributed by atoms with E-state index < -0.39 is 0 Å². The summed E-state index contributed by atoms with van der Waals surface area (Å²) in [4.78, 5) is 4.05. The van der Waals surface area contributed by atoms with Crippen molar-refractivity contribution >= 4 is 0 Å². The summed E-state index contributed by atoms with van der Waals surface area (Å²) in [7, 11) is 0. The van der Waals surface area contributed by atoms with Gasteiger partial charge in [-0.1, -0.05) is 36.8 Å². The number of aryl methyl sites for hydroxylation is 2.